The lowest BCUT2D eigenvalue weighted by Crippen LogP contribution is -2.51. The number of hydrogen-bond acceptors (Lipinski definition) is 5. The van der Waals surface area contributed by atoms with Crippen LogP contribution < -0.4 is 10.1 Å². The van der Waals surface area contributed by atoms with Crippen LogP contribution in [0.1, 0.15) is 6.92 Å². The molecule has 1 aliphatic heterocycles. The number of hydrogen-bond donors (Lipinski definition) is 1. The van der Waals surface area contributed by atoms with Gasteiger partial charge in [-0.15, -0.1) is 0 Å². The maximum atomic E-state index is 12.5. The van der Waals surface area contributed by atoms with Gasteiger partial charge in [0, 0.05) is 32.8 Å². The fourth-order valence-electron chi connectivity index (χ4n) is 2.22. The van der Waals surface area contributed by atoms with Gasteiger partial charge < -0.3 is 14.8 Å². The van der Waals surface area contributed by atoms with Crippen molar-refractivity contribution in [2.24, 2.45) is 0 Å². The average molecular weight is 314 g/mol. The predicted molar refractivity (Wildman–Crippen MR) is 80.0 cm³/mol. The fourth-order valence-corrected chi connectivity index (χ4v) is 3.74. The van der Waals surface area contributed by atoms with Crippen molar-refractivity contribution in [3.63, 3.8) is 0 Å². The highest BCUT2D eigenvalue weighted by Gasteiger charge is 2.28. The van der Waals surface area contributed by atoms with E-state index in [0.29, 0.717) is 43.5 Å². The molecule has 1 fully saturated rings. The van der Waals surface area contributed by atoms with Gasteiger partial charge in [0.25, 0.3) is 0 Å². The molecule has 0 bridgehead atoms. The molecule has 118 valence electrons. The summed E-state index contributed by atoms with van der Waals surface area (Å²) < 4.78 is 36.9. The molecule has 0 radical (unpaired) electrons. The van der Waals surface area contributed by atoms with E-state index in [0.717, 1.165) is 0 Å². The Labute approximate surface area is 126 Å². The first-order valence-corrected chi connectivity index (χ1v) is 8.43. The number of nitrogens with one attached hydrogen (secondary N) is 1. The van der Waals surface area contributed by atoms with Crippen LogP contribution in [-0.2, 0) is 14.8 Å². The second kappa shape index (κ2) is 7.22. The van der Waals surface area contributed by atoms with Gasteiger partial charge in [0.05, 0.1) is 11.5 Å². The molecule has 1 aromatic rings. The Kier molecular flexibility index (Phi) is 5.58. The first-order valence-electron chi connectivity index (χ1n) is 6.99. The number of ether oxygens (including phenoxy) is 2. The predicted octanol–water partition coefficient (Wildman–Crippen LogP) is 0.694. The number of piperazine rings is 1. The van der Waals surface area contributed by atoms with E-state index in [-0.39, 0.29) is 6.04 Å². The zero-order chi connectivity index (χ0) is 15.3. The van der Waals surface area contributed by atoms with Crippen LogP contribution in [0.5, 0.6) is 5.75 Å². The Balaban J connectivity index is 2.06. The largest absolute Gasteiger partial charge is 0.491 e. The molecule has 0 saturated carbocycles. The molecule has 0 aromatic heterocycles. The second-order valence-corrected chi connectivity index (χ2v) is 6.97. The van der Waals surface area contributed by atoms with E-state index in [4.69, 9.17) is 9.47 Å². The highest BCUT2D eigenvalue weighted by atomic mass is 32.2. The molecule has 7 heteroatoms. The Morgan fingerprint density at radius 1 is 1.29 bits per heavy atom. The zero-order valence-electron chi connectivity index (χ0n) is 12.4. The molecular formula is C14H22N2O4S. The van der Waals surface area contributed by atoms with E-state index in [2.05, 4.69) is 5.32 Å². The maximum absolute atomic E-state index is 12.5. The van der Waals surface area contributed by atoms with Crippen LogP contribution in [0.15, 0.2) is 29.2 Å². The van der Waals surface area contributed by atoms with Gasteiger partial charge in [0.2, 0.25) is 10.0 Å². The van der Waals surface area contributed by atoms with E-state index in [1.807, 2.05) is 6.92 Å². The first-order chi connectivity index (χ1) is 10.0. The SMILES string of the molecule is COCCOc1ccc(S(=O)(=O)N2CCN[C@@H](C)C2)cc1. The molecule has 1 aliphatic rings. The summed E-state index contributed by atoms with van der Waals surface area (Å²) in [6.07, 6.45) is 0. The van der Waals surface area contributed by atoms with Gasteiger partial charge in [0.15, 0.2) is 0 Å². The number of benzene rings is 1. The summed E-state index contributed by atoms with van der Waals surface area (Å²) in [5.74, 6) is 0.639. The summed E-state index contributed by atoms with van der Waals surface area (Å²) in [5, 5.41) is 3.24. The molecule has 0 unspecified atom stereocenters. The molecular weight excluding hydrogens is 292 g/mol. The van der Waals surface area contributed by atoms with Crippen molar-refractivity contribution >= 4 is 10.0 Å². The van der Waals surface area contributed by atoms with Crippen molar-refractivity contribution in [2.45, 2.75) is 17.9 Å². The van der Waals surface area contributed by atoms with Crippen molar-refractivity contribution in [3.05, 3.63) is 24.3 Å². The Morgan fingerprint density at radius 2 is 2.00 bits per heavy atom. The molecule has 6 nitrogen and oxygen atoms in total. The molecule has 1 aromatic carbocycles. The summed E-state index contributed by atoms with van der Waals surface area (Å²) in [6.45, 7) is 4.59. The lowest BCUT2D eigenvalue weighted by Gasteiger charge is -2.31. The number of sulfonamides is 1. The van der Waals surface area contributed by atoms with E-state index in [1.165, 1.54) is 4.31 Å². The molecule has 0 aliphatic carbocycles. The Hall–Kier alpha value is -1.15. The minimum Gasteiger partial charge on any atom is -0.491 e. The quantitative estimate of drug-likeness (QED) is 0.783. The van der Waals surface area contributed by atoms with Gasteiger partial charge in [-0.1, -0.05) is 0 Å². The first kappa shape index (κ1) is 16.2. The third-order valence-electron chi connectivity index (χ3n) is 3.35. The van der Waals surface area contributed by atoms with Gasteiger partial charge in [-0.3, -0.25) is 0 Å². The van der Waals surface area contributed by atoms with E-state index < -0.39 is 10.0 Å². The van der Waals surface area contributed by atoms with E-state index in [1.54, 1.807) is 31.4 Å². The topological polar surface area (TPSA) is 67.9 Å². The molecule has 1 heterocycles. The van der Waals surface area contributed by atoms with Crippen molar-refractivity contribution in [2.75, 3.05) is 40.0 Å². The average Bonchev–Trinajstić information content (AvgIpc) is 2.48. The van der Waals surface area contributed by atoms with Gasteiger partial charge >= 0.3 is 0 Å². The van der Waals surface area contributed by atoms with Gasteiger partial charge in [0.1, 0.15) is 12.4 Å². The minimum atomic E-state index is -3.42. The van der Waals surface area contributed by atoms with Crippen molar-refractivity contribution in [3.8, 4) is 5.75 Å². The Morgan fingerprint density at radius 3 is 2.62 bits per heavy atom. The van der Waals surface area contributed by atoms with E-state index in [9.17, 15) is 8.42 Å². The number of methoxy groups -OCH3 is 1. The molecule has 2 rings (SSSR count). The third kappa shape index (κ3) is 4.16. The van der Waals surface area contributed by atoms with E-state index >= 15 is 0 Å². The third-order valence-corrected chi connectivity index (χ3v) is 5.23. The van der Waals surface area contributed by atoms with Crippen molar-refractivity contribution < 1.29 is 17.9 Å². The van der Waals surface area contributed by atoms with Gasteiger partial charge in [-0.25, -0.2) is 8.42 Å². The monoisotopic (exact) mass is 314 g/mol. The van der Waals surface area contributed by atoms with Crippen LogP contribution in [0.2, 0.25) is 0 Å². The molecule has 1 saturated heterocycles. The molecule has 1 atom stereocenters. The van der Waals surface area contributed by atoms with Crippen LogP contribution in [0, 0.1) is 0 Å². The van der Waals surface area contributed by atoms with Crippen molar-refractivity contribution in [1.29, 1.82) is 0 Å². The number of nitrogens with zero attached hydrogens (tertiary/aromatic N) is 1. The van der Waals surface area contributed by atoms with Crippen LogP contribution in [0.4, 0.5) is 0 Å². The molecule has 0 amide bonds. The lowest BCUT2D eigenvalue weighted by atomic mass is 10.3. The number of rotatable bonds is 6. The summed E-state index contributed by atoms with van der Waals surface area (Å²) in [6, 6.07) is 6.70. The summed E-state index contributed by atoms with van der Waals surface area (Å²) >= 11 is 0. The molecule has 1 N–H and O–H groups in total. The zero-order valence-corrected chi connectivity index (χ0v) is 13.2. The summed E-state index contributed by atoms with van der Waals surface area (Å²) in [4.78, 5) is 0.302. The standard InChI is InChI=1S/C14H22N2O4S/c1-12-11-16(8-7-15-12)21(17,18)14-5-3-13(4-6-14)20-10-9-19-2/h3-6,12,15H,7-11H2,1-2H3/t12-/m0/s1. The van der Waals surface area contributed by atoms with Gasteiger partial charge in [-0.2, -0.15) is 4.31 Å². The minimum absolute atomic E-state index is 0.171. The molecule has 0 spiro atoms. The van der Waals surface area contributed by atoms with Crippen LogP contribution >= 0.6 is 0 Å². The summed E-state index contributed by atoms with van der Waals surface area (Å²) in [7, 11) is -1.82. The highest BCUT2D eigenvalue weighted by Crippen LogP contribution is 2.20. The van der Waals surface area contributed by atoms with Crippen molar-refractivity contribution in [1.82, 2.24) is 9.62 Å². The summed E-state index contributed by atoms with van der Waals surface area (Å²) in [5.41, 5.74) is 0. The van der Waals surface area contributed by atoms with Crippen LogP contribution in [0.25, 0.3) is 0 Å². The lowest BCUT2D eigenvalue weighted by molar-refractivity contribution is 0.146. The smallest absolute Gasteiger partial charge is 0.243 e. The van der Waals surface area contributed by atoms with Crippen LogP contribution in [-0.4, -0.2) is 58.7 Å². The van der Waals surface area contributed by atoms with Crippen LogP contribution in [0.3, 0.4) is 0 Å². The normalized spacial score (nSPS) is 20.4. The maximum Gasteiger partial charge on any atom is 0.243 e. The Bertz CT molecular complexity index is 545. The fraction of sp³-hybridized carbons (Fsp3) is 0.571. The second-order valence-electron chi connectivity index (χ2n) is 5.03. The van der Waals surface area contributed by atoms with Gasteiger partial charge in [-0.05, 0) is 31.2 Å². The molecule has 21 heavy (non-hydrogen) atoms. The highest BCUT2D eigenvalue weighted by molar-refractivity contribution is 7.89.